The number of fused-ring (bicyclic) bond motifs is 2. The van der Waals surface area contributed by atoms with Gasteiger partial charge in [0.25, 0.3) is 0 Å². The molecular formula is C45H64N4O10S. The third-order valence-electron chi connectivity index (χ3n) is 11.2. The maximum absolute atomic E-state index is 15.1. The zero-order chi connectivity index (χ0) is 43.7. The first-order valence-corrected chi connectivity index (χ1v) is 22.7. The molecule has 2 amide bonds. The van der Waals surface area contributed by atoms with Crippen LogP contribution in [-0.4, -0.2) is 91.0 Å². The Kier molecular flexibility index (Phi) is 16.0. The second-order valence-corrected chi connectivity index (χ2v) is 18.6. The zero-order valence-electron chi connectivity index (χ0n) is 35.9. The Morgan fingerprint density at radius 3 is 2.37 bits per heavy atom. The molecule has 1 fully saturated rings. The summed E-state index contributed by atoms with van der Waals surface area (Å²) in [5, 5.41) is 30.0. The monoisotopic (exact) mass is 852 g/mol. The van der Waals surface area contributed by atoms with Gasteiger partial charge in [-0.25, -0.2) is 13.2 Å². The fourth-order valence-electron chi connectivity index (χ4n) is 8.88. The number of aliphatic hydroxyl groups is 2. The molecule has 1 aliphatic heterocycles. The van der Waals surface area contributed by atoms with E-state index < -0.39 is 39.5 Å². The van der Waals surface area contributed by atoms with Crippen LogP contribution in [0, 0.1) is 17.8 Å². The largest absolute Gasteiger partial charge is 0.460 e. The molecule has 0 aromatic heterocycles. The number of anilines is 1. The SMILES string of the molecule is C=CCO[C@@]12Oc3ccc(OC(=O)NCC)cc3[C@H]3[C@H](CCCCO)[C@@H](CCCCO)C=C(C(=NOC(C)(C)C)C[C@@H]1N(CCC)S(=O)(=O)c1ccc(NC(C)=O)cc1)[C@H]32. The average molecular weight is 853 g/mol. The van der Waals surface area contributed by atoms with Crippen LogP contribution in [-0.2, 0) is 24.4 Å². The number of amides is 2. The summed E-state index contributed by atoms with van der Waals surface area (Å²) in [5.41, 5.74) is 1.96. The van der Waals surface area contributed by atoms with Gasteiger partial charge in [-0.15, -0.1) is 6.58 Å². The molecule has 1 saturated carbocycles. The number of unbranched alkanes of at least 4 members (excludes halogenated alkanes) is 2. The predicted molar refractivity (Wildman–Crippen MR) is 230 cm³/mol. The summed E-state index contributed by atoms with van der Waals surface area (Å²) in [6.45, 7) is 15.4. The lowest BCUT2D eigenvalue weighted by molar-refractivity contribution is -0.251. The lowest BCUT2D eigenvalue weighted by Crippen LogP contribution is -2.70. The number of hydrogen-bond acceptors (Lipinski definition) is 11. The number of sulfonamides is 1. The van der Waals surface area contributed by atoms with Crippen molar-refractivity contribution in [1.29, 1.82) is 0 Å². The van der Waals surface area contributed by atoms with Gasteiger partial charge in [0.15, 0.2) is 0 Å². The second-order valence-electron chi connectivity index (χ2n) is 16.7. The molecule has 15 heteroatoms. The quantitative estimate of drug-likeness (QED) is 0.0599. The van der Waals surface area contributed by atoms with Crippen molar-refractivity contribution in [3.05, 3.63) is 72.3 Å². The summed E-state index contributed by atoms with van der Waals surface area (Å²) >= 11 is 0. The normalized spacial score (nSPS) is 24.1. The van der Waals surface area contributed by atoms with E-state index in [4.69, 9.17) is 24.2 Å². The molecule has 330 valence electrons. The van der Waals surface area contributed by atoms with Gasteiger partial charge in [0.2, 0.25) is 21.7 Å². The van der Waals surface area contributed by atoms with Crippen LogP contribution in [0.5, 0.6) is 11.5 Å². The molecule has 0 spiro atoms. The van der Waals surface area contributed by atoms with Gasteiger partial charge in [-0.2, -0.15) is 4.31 Å². The van der Waals surface area contributed by atoms with Gasteiger partial charge in [-0.1, -0.05) is 37.1 Å². The molecule has 1 heterocycles. The third kappa shape index (κ3) is 10.6. The molecule has 14 nitrogen and oxygen atoms in total. The number of rotatable bonds is 20. The molecule has 0 bridgehead atoms. The highest BCUT2D eigenvalue weighted by atomic mass is 32.2. The van der Waals surface area contributed by atoms with E-state index in [1.165, 1.54) is 23.4 Å². The molecule has 0 radical (unpaired) electrons. The Morgan fingerprint density at radius 2 is 1.75 bits per heavy atom. The van der Waals surface area contributed by atoms with E-state index >= 15 is 8.42 Å². The van der Waals surface area contributed by atoms with Crippen LogP contribution in [0.4, 0.5) is 10.5 Å². The van der Waals surface area contributed by atoms with Gasteiger partial charge < -0.3 is 39.9 Å². The molecule has 2 aromatic rings. The minimum absolute atomic E-state index is 0.0171. The molecule has 0 saturated heterocycles. The summed E-state index contributed by atoms with van der Waals surface area (Å²) in [4.78, 5) is 30.7. The highest BCUT2D eigenvalue weighted by Gasteiger charge is 2.66. The number of benzene rings is 2. The topological polar surface area (TPSA) is 185 Å². The van der Waals surface area contributed by atoms with Crippen LogP contribution >= 0.6 is 0 Å². The lowest BCUT2D eigenvalue weighted by Gasteiger charge is -2.59. The first-order chi connectivity index (χ1) is 28.6. The number of allylic oxidation sites excluding steroid dienone is 1. The molecule has 2 aliphatic carbocycles. The van der Waals surface area contributed by atoms with Crippen molar-refractivity contribution in [3.63, 3.8) is 0 Å². The second kappa shape index (κ2) is 20.5. The third-order valence-corrected chi connectivity index (χ3v) is 13.1. The molecular weight excluding hydrogens is 789 g/mol. The number of carbonyl (C=O) groups excluding carboxylic acids is 2. The first-order valence-electron chi connectivity index (χ1n) is 21.3. The van der Waals surface area contributed by atoms with Crippen molar-refractivity contribution in [2.45, 2.75) is 121 Å². The van der Waals surface area contributed by atoms with Crippen molar-refractivity contribution in [2.75, 3.05) is 38.2 Å². The molecule has 60 heavy (non-hydrogen) atoms. The van der Waals surface area contributed by atoms with Gasteiger partial charge in [-0.05, 0) is 120 Å². The van der Waals surface area contributed by atoms with Crippen molar-refractivity contribution in [1.82, 2.24) is 9.62 Å². The van der Waals surface area contributed by atoms with Gasteiger partial charge in [-0.3, -0.25) is 4.79 Å². The maximum atomic E-state index is 15.1. The molecule has 6 atom stereocenters. The summed E-state index contributed by atoms with van der Waals surface area (Å²) in [6, 6.07) is 10.4. The van der Waals surface area contributed by atoms with E-state index in [0.717, 1.165) is 30.4 Å². The van der Waals surface area contributed by atoms with Gasteiger partial charge in [0, 0.05) is 56.8 Å². The van der Waals surface area contributed by atoms with Crippen molar-refractivity contribution < 1.29 is 47.3 Å². The van der Waals surface area contributed by atoms with E-state index in [1.807, 2.05) is 33.8 Å². The minimum atomic E-state index is -4.27. The van der Waals surface area contributed by atoms with Crippen molar-refractivity contribution in [2.24, 2.45) is 22.9 Å². The van der Waals surface area contributed by atoms with Crippen LogP contribution < -0.4 is 20.1 Å². The van der Waals surface area contributed by atoms with E-state index in [9.17, 15) is 19.8 Å². The average Bonchev–Trinajstić information content (AvgIpc) is 3.19. The fourth-order valence-corrected chi connectivity index (χ4v) is 10.6. The minimum Gasteiger partial charge on any atom is -0.460 e. The van der Waals surface area contributed by atoms with Crippen LogP contribution in [0.2, 0.25) is 0 Å². The Hall–Kier alpha value is -4.28. The fraction of sp³-hybridized carbons (Fsp3) is 0.578. The van der Waals surface area contributed by atoms with Gasteiger partial charge >= 0.3 is 6.09 Å². The predicted octanol–water partition coefficient (Wildman–Crippen LogP) is 7.29. The number of nitrogens with one attached hydrogen (secondary N) is 2. The van der Waals surface area contributed by atoms with E-state index in [2.05, 4.69) is 23.3 Å². The van der Waals surface area contributed by atoms with Crippen LogP contribution in [0.3, 0.4) is 0 Å². The Balaban J connectivity index is 1.82. The summed E-state index contributed by atoms with van der Waals surface area (Å²) in [5.74, 6) is -2.22. The van der Waals surface area contributed by atoms with E-state index in [-0.39, 0.29) is 61.3 Å². The Morgan fingerprint density at radius 1 is 1.05 bits per heavy atom. The van der Waals surface area contributed by atoms with Gasteiger partial charge in [0.1, 0.15) is 17.1 Å². The first kappa shape index (κ1) is 46.8. The summed E-state index contributed by atoms with van der Waals surface area (Å²) in [7, 11) is -4.27. The van der Waals surface area contributed by atoms with E-state index in [1.54, 1.807) is 37.3 Å². The standard InChI is InChI=1S/C45H64N4O10S/c1-8-23-49(60(54,55)34-20-17-32(18-21-34)47-30(4)52)40-29-38(48-59-44(5,6)7)36-27-31(15-11-13-24-50)35(16-12-14-25-51)41-37-28-33(57-43(53)46-10-3)19-22-39(37)58-45(40,42(36)41)56-26-9-2/h9,17-22,27-28,31,35,40-42,50-51H,2,8,10-16,23-26,29H2,1,3-7H3,(H,46,53)(H,47,52)/t31-,35+,40-,41+,42+,45+/m0/s1. The molecule has 4 N–H and O–H groups in total. The highest BCUT2D eigenvalue weighted by molar-refractivity contribution is 7.89. The van der Waals surface area contributed by atoms with E-state index in [0.29, 0.717) is 55.1 Å². The Labute approximate surface area is 355 Å². The number of aliphatic hydroxyl groups excluding tert-OH is 2. The Bertz CT molecular complexity index is 1980. The number of nitrogens with zero attached hydrogens (tertiary/aromatic N) is 2. The molecule has 3 aliphatic rings. The number of oxime groups is 1. The van der Waals surface area contributed by atoms with Crippen LogP contribution in [0.15, 0.2) is 76.8 Å². The summed E-state index contributed by atoms with van der Waals surface area (Å²) < 4.78 is 51.7. The maximum Gasteiger partial charge on any atom is 0.412 e. The highest BCUT2D eigenvalue weighted by Crippen LogP contribution is 2.62. The molecule has 0 unspecified atom stereocenters. The van der Waals surface area contributed by atoms with Gasteiger partial charge in [0.05, 0.1) is 29.2 Å². The molecule has 2 aromatic carbocycles. The number of ether oxygens (including phenoxy) is 3. The molecule has 5 rings (SSSR count). The number of hydrogen-bond donors (Lipinski definition) is 4. The lowest BCUT2D eigenvalue weighted by atomic mass is 9.55. The van der Waals surface area contributed by atoms with Crippen molar-refractivity contribution >= 4 is 33.4 Å². The smallest absolute Gasteiger partial charge is 0.412 e. The van der Waals surface area contributed by atoms with Crippen LogP contribution in [0.25, 0.3) is 0 Å². The van der Waals surface area contributed by atoms with Crippen LogP contribution in [0.1, 0.15) is 104 Å². The number of carbonyl (C=O) groups is 2. The van der Waals surface area contributed by atoms with Crippen molar-refractivity contribution in [3.8, 4) is 11.5 Å². The summed E-state index contributed by atoms with van der Waals surface area (Å²) in [6.07, 6.45) is 7.97. The zero-order valence-corrected chi connectivity index (χ0v) is 36.8.